The molecule has 0 saturated carbocycles. The lowest BCUT2D eigenvalue weighted by Crippen LogP contribution is -2.36. The number of amides is 1. The highest BCUT2D eigenvalue weighted by molar-refractivity contribution is 5.84. The molecule has 0 saturated heterocycles. The Bertz CT molecular complexity index is 558. The predicted molar refractivity (Wildman–Crippen MR) is 69.9 cm³/mol. The van der Waals surface area contributed by atoms with Gasteiger partial charge in [0, 0.05) is 20.2 Å². The van der Waals surface area contributed by atoms with E-state index in [1.807, 2.05) is 0 Å². The van der Waals surface area contributed by atoms with Crippen molar-refractivity contribution in [2.24, 2.45) is 0 Å². The van der Waals surface area contributed by atoms with Gasteiger partial charge in [0.05, 0.1) is 10.5 Å². The first-order valence-corrected chi connectivity index (χ1v) is 5.87. The smallest absolute Gasteiger partial charge is 0.368 e. The number of nitro groups is 1. The van der Waals surface area contributed by atoms with Gasteiger partial charge in [-0.25, -0.2) is 0 Å². The van der Waals surface area contributed by atoms with Crippen molar-refractivity contribution in [3.05, 3.63) is 33.9 Å². The van der Waals surface area contributed by atoms with E-state index < -0.39 is 28.4 Å². The van der Waals surface area contributed by atoms with Crippen molar-refractivity contribution in [3.8, 4) is 0 Å². The lowest BCUT2D eigenvalue weighted by molar-refractivity contribution is -0.384. The van der Waals surface area contributed by atoms with Gasteiger partial charge in [-0.3, -0.25) is 14.9 Å². The molecule has 0 aromatic heterocycles. The summed E-state index contributed by atoms with van der Waals surface area (Å²) in [6.07, 6.45) is -4.67. The SMILES string of the molecule is C[C@H](Nc1ccc(C(F)(F)F)cc1[N+](=O)[O-])C(=O)N(C)C. The number of rotatable bonds is 4. The van der Waals surface area contributed by atoms with Crippen LogP contribution in [0.2, 0.25) is 0 Å². The van der Waals surface area contributed by atoms with Crippen LogP contribution < -0.4 is 5.32 Å². The molecule has 1 atom stereocenters. The van der Waals surface area contributed by atoms with E-state index in [9.17, 15) is 28.1 Å². The van der Waals surface area contributed by atoms with Gasteiger partial charge in [0.2, 0.25) is 5.91 Å². The van der Waals surface area contributed by atoms with Crippen molar-refractivity contribution < 1.29 is 22.9 Å². The number of nitrogens with zero attached hydrogens (tertiary/aromatic N) is 2. The molecule has 1 N–H and O–H groups in total. The zero-order valence-corrected chi connectivity index (χ0v) is 11.6. The Morgan fingerprint density at radius 1 is 1.38 bits per heavy atom. The van der Waals surface area contributed by atoms with Crippen molar-refractivity contribution in [1.82, 2.24) is 4.90 Å². The van der Waals surface area contributed by atoms with Gasteiger partial charge in [-0.15, -0.1) is 0 Å². The maximum Gasteiger partial charge on any atom is 0.416 e. The van der Waals surface area contributed by atoms with Gasteiger partial charge in [-0.1, -0.05) is 0 Å². The van der Waals surface area contributed by atoms with Gasteiger partial charge in [0.25, 0.3) is 5.69 Å². The third-order valence-corrected chi connectivity index (χ3v) is 2.70. The average Bonchev–Trinajstić information content (AvgIpc) is 2.36. The average molecular weight is 305 g/mol. The van der Waals surface area contributed by atoms with Gasteiger partial charge in [0.15, 0.2) is 0 Å². The minimum Gasteiger partial charge on any atom is -0.368 e. The second-order valence-corrected chi connectivity index (χ2v) is 4.59. The summed E-state index contributed by atoms with van der Waals surface area (Å²) in [5.74, 6) is -0.357. The highest BCUT2D eigenvalue weighted by atomic mass is 19.4. The fourth-order valence-corrected chi connectivity index (χ4v) is 1.66. The first kappa shape index (κ1) is 16.7. The van der Waals surface area contributed by atoms with E-state index in [4.69, 9.17) is 0 Å². The molecule has 0 aliphatic carbocycles. The van der Waals surface area contributed by atoms with Crippen molar-refractivity contribution in [1.29, 1.82) is 0 Å². The molecule has 0 aliphatic rings. The highest BCUT2D eigenvalue weighted by Gasteiger charge is 2.33. The molecule has 9 heteroatoms. The predicted octanol–water partition coefficient (Wildman–Crippen LogP) is 2.50. The molecular weight excluding hydrogens is 291 g/mol. The monoisotopic (exact) mass is 305 g/mol. The molecule has 116 valence electrons. The number of likely N-dealkylation sites (N-methyl/N-ethyl adjacent to an activating group) is 1. The second-order valence-electron chi connectivity index (χ2n) is 4.59. The molecule has 0 radical (unpaired) electrons. The Labute approximate surface area is 118 Å². The molecule has 0 fully saturated rings. The summed E-state index contributed by atoms with van der Waals surface area (Å²) < 4.78 is 37.7. The van der Waals surface area contributed by atoms with Gasteiger partial charge in [0.1, 0.15) is 11.7 Å². The molecule has 21 heavy (non-hydrogen) atoms. The van der Waals surface area contributed by atoms with Gasteiger partial charge in [-0.2, -0.15) is 13.2 Å². The quantitative estimate of drug-likeness (QED) is 0.685. The van der Waals surface area contributed by atoms with Crippen molar-refractivity contribution in [2.45, 2.75) is 19.1 Å². The largest absolute Gasteiger partial charge is 0.416 e. The Morgan fingerprint density at radius 2 is 1.95 bits per heavy atom. The number of benzene rings is 1. The summed E-state index contributed by atoms with van der Waals surface area (Å²) >= 11 is 0. The van der Waals surface area contributed by atoms with E-state index >= 15 is 0 Å². The minimum absolute atomic E-state index is 0.143. The first-order valence-electron chi connectivity index (χ1n) is 5.87. The molecule has 1 aromatic carbocycles. The molecule has 0 bridgehead atoms. The van der Waals surface area contributed by atoms with E-state index in [0.29, 0.717) is 6.07 Å². The normalized spacial score (nSPS) is 12.7. The van der Waals surface area contributed by atoms with Crippen molar-refractivity contribution in [2.75, 3.05) is 19.4 Å². The number of anilines is 1. The fraction of sp³-hybridized carbons (Fsp3) is 0.417. The molecule has 0 aliphatic heterocycles. The van der Waals surface area contributed by atoms with Crippen LogP contribution in [-0.4, -0.2) is 35.9 Å². The van der Waals surface area contributed by atoms with E-state index in [-0.39, 0.29) is 11.6 Å². The lowest BCUT2D eigenvalue weighted by Gasteiger charge is -2.19. The highest BCUT2D eigenvalue weighted by Crippen LogP contribution is 2.35. The molecular formula is C12H14F3N3O3. The van der Waals surface area contributed by atoms with Crippen LogP contribution in [0.25, 0.3) is 0 Å². The van der Waals surface area contributed by atoms with Crippen LogP contribution in [0.3, 0.4) is 0 Å². The van der Waals surface area contributed by atoms with E-state index in [1.54, 1.807) is 0 Å². The van der Waals surface area contributed by atoms with Crippen LogP contribution in [0.4, 0.5) is 24.5 Å². The summed E-state index contributed by atoms with van der Waals surface area (Å²) in [6.45, 7) is 1.46. The van der Waals surface area contributed by atoms with Crippen LogP contribution in [-0.2, 0) is 11.0 Å². The Kier molecular flexibility index (Phi) is 4.77. The molecule has 1 rings (SSSR count). The molecule has 1 aromatic rings. The van der Waals surface area contributed by atoms with Crippen LogP contribution >= 0.6 is 0 Å². The molecule has 1 amide bonds. The topological polar surface area (TPSA) is 75.5 Å². The summed E-state index contributed by atoms with van der Waals surface area (Å²) in [7, 11) is 3.00. The van der Waals surface area contributed by atoms with Crippen LogP contribution in [0.5, 0.6) is 0 Å². The number of hydrogen-bond donors (Lipinski definition) is 1. The Hall–Kier alpha value is -2.32. The fourth-order valence-electron chi connectivity index (χ4n) is 1.66. The summed E-state index contributed by atoms with van der Waals surface area (Å²) in [6, 6.07) is 1.30. The van der Waals surface area contributed by atoms with Gasteiger partial charge >= 0.3 is 6.18 Å². The van der Waals surface area contributed by atoms with Crippen molar-refractivity contribution in [3.63, 3.8) is 0 Å². The third-order valence-electron chi connectivity index (χ3n) is 2.70. The van der Waals surface area contributed by atoms with E-state index in [0.717, 1.165) is 12.1 Å². The zero-order chi connectivity index (χ0) is 16.4. The third kappa shape index (κ3) is 4.07. The number of carbonyl (C=O) groups is 1. The zero-order valence-electron chi connectivity index (χ0n) is 11.6. The molecule has 6 nitrogen and oxygen atoms in total. The Balaban J connectivity index is 3.14. The van der Waals surface area contributed by atoms with E-state index in [2.05, 4.69) is 5.32 Å². The number of carbonyl (C=O) groups excluding carboxylic acids is 1. The maximum atomic E-state index is 12.6. The molecule has 0 unspecified atom stereocenters. The number of hydrogen-bond acceptors (Lipinski definition) is 4. The second kappa shape index (κ2) is 5.98. The molecule has 0 spiro atoms. The number of alkyl halides is 3. The van der Waals surface area contributed by atoms with Crippen LogP contribution in [0, 0.1) is 10.1 Å². The van der Waals surface area contributed by atoms with Crippen LogP contribution in [0.15, 0.2) is 18.2 Å². The summed E-state index contributed by atoms with van der Waals surface area (Å²) in [5, 5.41) is 13.4. The number of nitrogens with one attached hydrogen (secondary N) is 1. The molecule has 0 heterocycles. The van der Waals surface area contributed by atoms with Crippen molar-refractivity contribution >= 4 is 17.3 Å². The Morgan fingerprint density at radius 3 is 2.38 bits per heavy atom. The summed E-state index contributed by atoms with van der Waals surface area (Å²) in [4.78, 5) is 22.9. The first-order chi connectivity index (χ1) is 9.54. The standard InChI is InChI=1S/C12H14F3N3O3/c1-7(11(19)17(2)3)16-9-5-4-8(12(13,14)15)6-10(9)18(20)21/h4-7,16H,1-3H3/t7-/m0/s1. The number of nitro benzene ring substituents is 1. The van der Waals surface area contributed by atoms with Crippen LogP contribution in [0.1, 0.15) is 12.5 Å². The minimum atomic E-state index is -4.67. The van der Waals surface area contributed by atoms with Gasteiger partial charge < -0.3 is 10.2 Å². The van der Waals surface area contributed by atoms with Gasteiger partial charge in [-0.05, 0) is 19.1 Å². The van der Waals surface area contributed by atoms with E-state index in [1.165, 1.54) is 25.9 Å². The lowest BCUT2D eigenvalue weighted by atomic mass is 10.1. The summed E-state index contributed by atoms with van der Waals surface area (Å²) in [5.41, 5.74) is -2.00. The number of halogens is 3. The maximum absolute atomic E-state index is 12.6.